The molecule has 8 heteroatoms. The molecule has 1 aliphatic carbocycles. The van der Waals surface area contributed by atoms with Crippen molar-refractivity contribution in [3.8, 4) is 0 Å². The quantitative estimate of drug-likeness (QED) is 0.235. The monoisotopic (exact) mass is 544 g/mol. The highest BCUT2D eigenvalue weighted by Crippen LogP contribution is 2.22. The summed E-state index contributed by atoms with van der Waals surface area (Å²) in [6.07, 6.45) is 4.22. The van der Waals surface area contributed by atoms with Crippen LogP contribution >= 0.6 is 24.0 Å². The summed E-state index contributed by atoms with van der Waals surface area (Å²) < 4.78 is 10.8. The first kappa shape index (κ1) is 25.9. The molecule has 1 saturated heterocycles. The van der Waals surface area contributed by atoms with Crippen molar-refractivity contribution in [3.63, 3.8) is 0 Å². The van der Waals surface area contributed by atoms with E-state index in [0.717, 1.165) is 51.3 Å². The summed E-state index contributed by atoms with van der Waals surface area (Å²) in [6.45, 7) is 4.00. The summed E-state index contributed by atoms with van der Waals surface area (Å²) in [5.74, 6) is 1.35. The van der Waals surface area contributed by atoms with Crippen molar-refractivity contribution in [1.29, 1.82) is 0 Å². The summed E-state index contributed by atoms with van der Waals surface area (Å²) in [5.41, 5.74) is 2.86. The van der Waals surface area contributed by atoms with Gasteiger partial charge in [0.05, 0.1) is 19.8 Å². The number of fused-ring (bicyclic) bond motifs is 1. The predicted octanol–water partition coefficient (Wildman–Crippen LogP) is 2.18. The number of amides is 1. The maximum Gasteiger partial charge on any atom is 0.243 e. The Morgan fingerprint density at radius 3 is 2.74 bits per heavy atom. The first-order chi connectivity index (χ1) is 14.6. The van der Waals surface area contributed by atoms with E-state index in [4.69, 9.17) is 14.5 Å². The molecule has 0 radical (unpaired) electrons. The summed E-state index contributed by atoms with van der Waals surface area (Å²) in [5, 5.41) is 3.67. The number of ether oxygens (including phenoxy) is 2. The smallest absolute Gasteiger partial charge is 0.243 e. The highest BCUT2D eigenvalue weighted by Gasteiger charge is 2.28. The van der Waals surface area contributed by atoms with Crippen LogP contribution in [0, 0.1) is 5.92 Å². The molecule has 2 atom stereocenters. The van der Waals surface area contributed by atoms with Crippen molar-refractivity contribution in [1.82, 2.24) is 15.1 Å². The number of carbonyl (C=O) groups is 1. The second-order valence-corrected chi connectivity index (χ2v) is 8.45. The number of nitrogens with one attached hydrogen (secondary N) is 1. The van der Waals surface area contributed by atoms with Gasteiger partial charge in [0.25, 0.3) is 0 Å². The zero-order valence-electron chi connectivity index (χ0n) is 19.0. The summed E-state index contributed by atoms with van der Waals surface area (Å²) in [6, 6.07) is 9.01. The van der Waals surface area contributed by atoms with Crippen LogP contribution in [0.15, 0.2) is 29.3 Å². The van der Waals surface area contributed by atoms with Crippen molar-refractivity contribution in [3.05, 3.63) is 35.4 Å². The molecule has 31 heavy (non-hydrogen) atoms. The van der Waals surface area contributed by atoms with Gasteiger partial charge in [0.2, 0.25) is 5.91 Å². The Morgan fingerprint density at radius 1 is 1.23 bits per heavy atom. The van der Waals surface area contributed by atoms with Crippen molar-refractivity contribution in [2.45, 2.75) is 31.7 Å². The van der Waals surface area contributed by atoms with E-state index in [9.17, 15) is 4.79 Å². The van der Waals surface area contributed by atoms with E-state index in [1.165, 1.54) is 11.1 Å². The minimum Gasteiger partial charge on any atom is -0.382 e. The molecule has 7 nitrogen and oxygen atoms in total. The van der Waals surface area contributed by atoms with E-state index in [-0.39, 0.29) is 36.4 Å². The fraction of sp³-hybridized carbons (Fsp3) is 0.652. The van der Waals surface area contributed by atoms with Crippen molar-refractivity contribution in [2.24, 2.45) is 10.9 Å². The number of guanidine groups is 1. The highest BCUT2D eigenvalue weighted by atomic mass is 127. The van der Waals surface area contributed by atoms with E-state index < -0.39 is 0 Å². The molecule has 0 bridgehead atoms. The third kappa shape index (κ3) is 7.91. The Morgan fingerprint density at radius 2 is 2.00 bits per heavy atom. The molecule has 1 amide bonds. The lowest BCUT2D eigenvalue weighted by Crippen LogP contribution is -2.47. The summed E-state index contributed by atoms with van der Waals surface area (Å²) in [4.78, 5) is 20.7. The highest BCUT2D eigenvalue weighted by molar-refractivity contribution is 14.0. The fourth-order valence-corrected chi connectivity index (χ4v) is 4.08. The molecule has 1 N–H and O–H groups in total. The summed E-state index contributed by atoms with van der Waals surface area (Å²) >= 11 is 0. The first-order valence-corrected chi connectivity index (χ1v) is 11.0. The van der Waals surface area contributed by atoms with E-state index in [1.807, 2.05) is 0 Å². The van der Waals surface area contributed by atoms with Crippen LogP contribution in [0.1, 0.15) is 24.0 Å². The molecule has 1 aromatic rings. The number of carbonyl (C=O) groups excluding carboxylic acids is 1. The molecule has 2 unspecified atom stereocenters. The largest absolute Gasteiger partial charge is 0.382 e. The van der Waals surface area contributed by atoms with Crippen LogP contribution in [0.25, 0.3) is 0 Å². The van der Waals surface area contributed by atoms with Crippen molar-refractivity contribution < 1.29 is 14.3 Å². The van der Waals surface area contributed by atoms with E-state index in [1.54, 1.807) is 26.1 Å². The van der Waals surface area contributed by atoms with Gasteiger partial charge in [0.1, 0.15) is 6.54 Å². The van der Waals surface area contributed by atoms with E-state index in [0.29, 0.717) is 25.2 Å². The topological polar surface area (TPSA) is 66.4 Å². The van der Waals surface area contributed by atoms with Gasteiger partial charge in [0, 0.05) is 46.3 Å². The Hall–Kier alpha value is -1.39. The Balaban J connectivity index is 0.00000341. The third-order valence-corrected chi connectivity index (χ3v) is 5.91. The zero-order valence-corrected chi connectivity index (χ0v) is 21.3. The molecule has 0 spiro atoms. The molecule has 1 heterocycles. The minimum atomic E-state index is 0. The number of methoxy groups -OCH3 is 1. The number of nitrogens with zero attached hydrogens (tertiary/aromatic N) is 3. The normalized spacial score (nSPS) is 20.7. The number of aliphatic imine (C=N–C) groups is 1. The van der Waals surface area contributed by atoms with Crippen LogP contribution < -0.4 is 5.32 Å². The first-order valence-electron chi connectivity index (χ1n) is 11.0. The average molecular weight is 544 g/mol. The average Bonchev–Trinajstić information content (AvgIpc) is 3.22. The van der Waals surface area contributed by atoms with Gasteiger partial charge in [-0.1, -0.05) is 24.3 Å². The SMILES string of the molecule is COCCOCC1CCN(C(=NCC(=O)N(C)C)NC2CCc3ccccc3C2)C1.I. The van der Waals surface area contributed by atoms with Crippen molar-refractivity contribution >= 4 is 35.8 Å². The molecular formula is C23H37IN4O3. The molecule has 1 fully saturated rings. The predicted molar refractivity (Wildman–Crippen MR) is 134 cm³/mol. The number of likely N-dealkylation sites (tertiary alicyclic amines) is 1. The molecule has 0 saturated carbocycles. The van der Waals surface area contributed by atoms with Crippen LogP contribution in [0.4, 0.5) is 0 Å². The maximum atomic E-state index is 12.1. The van der Waals surface area contributed by atoms with Gasteiger partial charge in [-0.05, 0) is 36.8 Å². The number of aryl methyl sites for hydroxylation is 1. The van der Waals surface area contributed by atoms with Gasteiger partial charge in [-0.3, -0.25) is 4.79 Å². The lowest BCUT2D eigenvalue weighted by atomic mass is 9.88. The van der Waals surface area contributed by atoms with Crippen LogP contribution in [-0.2, 0) is 27.1 Å². The molecule has 174 valence electrons. The van der Waals surface area contributed by atoms with Crippen LogP contribution in [0.3, 0.4) is 0 Å². The van der Waals surface area contributed by atoms with Crippen LogP contribution in [-0.4, -0.2) is 88.4 Å². The molecule has 1 aromatic carbocycles. The zero-order chi connectivity index (χ0) is 21.3. The van der Waals surface area contributed by atoms with E-state index in [2.05, 4.69) is 34.5 Å². The number of hydrogen-bond donors (Lipinski definition) is 1. The van der Waals surface area contributed by atoms with Gasteiger partial charge >= 0.3 is 0 Å². The maximum absolute atomic E-state index is 12.1. The number of benzene rings is 1. The Labute approximate surface area is 203 Å². The lowest BCUT2D eigenvalue weighted by molar-refractivity contribution is -0.127. The summed E-state index contributed by atoms with van der Waals surface area (Å²) in [7, 11) is 5.23. The van der Waals surface area contributed by atoms with Gasteiger partial charge in [-0.25, -0.2) is 4.99 Å². The molecule has 0 aromatic heterocycles. The number of hydrogen-bond acceptors (Lipinski definition) is 4. The number of likely N-dealkylation sites (N-methyl/N-ethyl adjacent to an activating group) is 1. The van der Waals surface area contributed by atoms with Gasteiger partial charge < -0.3 is 24.6 Å². The number of rotatable bonds is 8. The van der Waals surface area contributed by atoms with Crippen LogP contribution in [0.5, 0.6) is 0 Å². The van der Waals surface area contributed by atoms with Gasteiger partial charge in [-0.15, -0.1) is 24.0 Å². The standard InChI is InChI=1S/C23H36N4O3.HI/c1-26(2)22(28)15-24-23(27-11-10-18(16-27)17-30-13-12-29-3)25-21-9-8-19-6-4-5-7-20(19)14-21;/h4-7,18,21H,8-17H2,1-3H3,(H,24,25);1H. The second-order valence-electron chi connectivity index (χ2n) is 8.45. The van der Waals surface area contributed by atoms with Gasteiger partial charge in [-0.2, -0.15) is 0 Å². The lowest BCUT2D eigenvalue weighted by Gasteiger charge is -2.30. The Kier molecular flexibility index (Phi) is 11.0. The van der Waals surface area contributed by atoms with Crippen molar-refractivity contribution in [2.75, 3.05) is 60.7 Å². The van der Waals surface area contributed by atoms with Gasteiger partial charge in [0.15, 0.2) is 5.96 Å². The number of halogens is 1. The fourth-order valence-electron chi connectivity index (χ4n) is 4.08. The van der Waals surface area contributed by atoms with Crippen LogP contribution in [0.2, 0.25) is 0 Å². The van der Waals surface area contributed by atoms with E-state index >= 15 is 0 Å². The Bertz CT molecular complexity index is 729. The molecule has 2 aliphatic rings. The minimum absolute atomic E-state index is 0. The molecule has 3 rings (SSSR count). The molecular weight excluding hydrogens is 507 g/mol. The third-order valence-electron chi connectivity index (χ3n) is 5.91. The second kappa shape index (κ2) is 13.2. The molecule has 1 aliphatic heterocycles.